The Kier molecular flexibility index (Phi) is 2.46. The fourth-order valence-corrected chi connectivity index (χ4v) is 1.65. The molecule has 0 atom stereocenters. The first-order chi connectivity index (χ1) is 7.24. The van der Waals surface area contributed by atoms with Gasteiger partial charge in [-0.15, -0.1) is 0 Å². The third-order valence-corrected chi connectivity index (χ3v) is 2.41. The summed E-state index contributed by atoms with van der Waals surface area (Å²) in [5, 5.41) is 0. The van der Waals surface area contributed by atoms with E-state index in [1.54, 1.807) is 6.07 Å². The van der Waals surface area contributed by atoms with E-state index in [4.69, 9.17) is 9.47 Å². The highest BCUT2D eigenvalue weighted by Gasteiger charge is 2.17. The van der Waals surface area contributed by atoms with Gasteiger partial charge in [0.25, 0.3) is 0 Å². The van der Waals surface area contributed by atoms with Crippen LogP contribution in [0.25, 0.3) is 6.08 Å². The van der Waals surface area contributed by atoms with E-state index in [0.29, 0.717) is 12.2 Å². The van der Waals surface area contributed by atoms with E-state index < -0.39 is 0 Å². The second-order valence-electron chi connectivity index (χ2n) is 3.38. The Balaban J connectivity index is 2.59. The third kappa shape index (κ3) is 1.61. The lowest BCUT2D eigenvalue weighted by Gasteiger charge is -2.17. The monoisotopic (exact) mass is 204 g/mol. The molecule has 0 aromatic heterocycles. The number of hydrogen-bond acceptors (Lipinski definition) is 3. The summed E-state index contributed by atoms with van der Waals surface area (Å²) in [6, 6.07) is 3.63. The summed E-state index contributed by atoms with van der Waals surface area (Å²) in [6.45, 7) is 2.51. The van der Waals surface area contributed by atoms with Gasteiger partial charge in [0.1, 0.15) is 12.4 Å². The minimum absolute atomic E-state index is 0.332. The number of carbonyl (C=O) groups is 1. The van der Waals surface area contributed by atoms with Crippen molar-refractivity contribution in [1.82, 2.24) is 0 Å². The molecule has 2 rings (SSSR count). The van der Waals surface area contributed by atoms with Crippen LogP contribution >= 0.6 is 0 Å². The SMILES string of the molecule is COC(=O)c1ccc(C)c2c1C=CCO2. The molecule has 1 aromatic carbocycles. The van der Waals surface area contributed by atoms with Gasteiger partial charge in [-0.1, -0.05) is 12.1 Å². The van der Waals surface area contributed by atoms with E-state index in [9.17, 15) is 4.79 Å². The lowest BCUT2D eigenvalue weighted by molar-refractivity contribution is 0.0600. The number of rotatable bonds is 1. The smallest absolute Gasteiger partial charge is 0.338 e. The molecule has 1 aromatic rings. The molecule has 0 spiro atoms. The van der Waals surface area contributed by atoms with Gasteiger partial charge in [-0.25, -0.2) is 4.79 Å². The van der Waals surface area contributed by atoms with E-state index in [1.807, 2.05) is 25.1 Å². The van der Waals surface area contributed by atoms with Crippen molar-refractivity contribution >= 4 is 12.0 Å². The van der Waals surface area contributed by atoms with Gasteiger partial charge < -0.3 is 9.47 Å². The standard InChI is InChI=1S/C12H12O3/c1-8-5-6-10(12(13)14-2)9-4-3-7-15-11(8)9/h3-6H,7H2,1-2H3. The molecule has 0 radical (unpaired) electrons. The van der Waals surface area contributed by atoms with Gasteiger partial charge in [0, 0.05) is 5.56 Å². The highest BCUT2D eigenvalue weighted by molar-refractivity contribution is 5.95. The van der Waals surface area contributed by atoms with Crippen molar-refractivity contribution < 1.29 is 14.3 Å². The summed E-state index contributed by atoms with van der Waals surface area (Å²) in [7, 11) is 1.38. The number of fused-ring (bicyclic) bond motifs is 1. The molecule has 1 heterocycles. The summed E-state index contributed by atoms with van der Waals surface area (Å²) >= 11 is 0. The number of aryl methyl sites for hydroxylation is 1. The minimum atomic E-state index is -0.332. The molecule has 0 saturated heterocycles. The molecule has 0 aliphatic carbocycles. The molecule has 0 N–H and O–H groups in total. The second-order valence-corrected chi connectivity index (χ2v) is 3.38. The Morgan fingerprint density at radius 2 is 2.27 bits per heavy atom. The maximum absolute atomic E-state index is 11.5. The van der Waals surface area contributed by atoms with Gasteiger partial charge in [0.15, 0.2) is 0 Å². The zero-order valence-corrected chi connectivity index (χ0v) is 8.74. The van der Waals surface area contributed by atoms with Crippen LogP contribution in [-0.2, 0) is 4.74 Å². The first-order valence-electron chi connectivity index (χ1n) is 4.75. The van der Waals surface area contributed by atoms with Crippen molar-refractivity contribution in [2.75, 3.05) is 13.7 Å². The van der Waals surface area contributed by atoms with Crippen molar-refractivity contribution in [3.63, 3.8) is 0 Å². The van der Waals surface area contributed by atoms with Crippen molar-refractivity contribution in [3.05, 3.63) is 34.9 Å². The molecule has 0 amide bonds. The van der Waals surface area contributed by atoms with Crippen LogP contribution in [0.4, 0.5) is 0 Å². The molecule has 0 unspecified atom stereocenters. The summed E-state index contributed by atoms with van der Waals surface area (Å²) in [6.07, 6.45) is 3.78. The van der Waals surface area contributed by atoms with Gasteiger partial charge in [0.2, 0.25) is 0 Å². The van der Waals surface area contributed by atoms with Crippen molar-refractivity contribution in [3.8, 4) is 5.75 Å². The molecule has 78 valence electrons. The number of benzene rings is 1. The summed E-state index contributed by atoms with van der Waals surface area (Å²) in [5.74, 6) is 0.446. The van der Waals surface area contributed by atoms with Gasteiger partial charge in [0.05, 0.1) is 12.7 Å². The van der Waals surface area contributed by atoms with E-state index in [2.05, 4.69) is 0 Å². The number of esters is 1. The Hall–Kier alpha value is -1.77. The van der Waals surface area contributed by atoms with E-state index >= 15 is 0 Å². The maximum atomic E-state index is 11.5. The normalized spacial score (nSPS) is 12.9. The van der Waals surface area contributed by atoms with Gasteiger partial charge >= 0.3 is 5.97 Å². The minimum Gasteiger partial charge on any atom is -0.489 e. The largest absolute Gasteiger partial charge is 0.489 e. The van der Waals surface area contributed by atoms with Gasteiger partial charge in [-0.3, -0.25) is 0 Å². The Labute approximate surface area is 88.3 Å². The molecule has 0 fully saturated rings. The van der Waals surface area contributed by atoms with E-state index in [0.717, 1.165) is 16.9 Å². The highest BCUT2D eigenvalue weighted by atomic mass is 16.5. The zero-order valence-electron chi connectivity index (χ0n) is 8.74. The first-order valence-corrected chi connectivity index (χ1v) is 4.75. The molecule has 0 saturated carbocycles. The van der Waals surface area contributed by atoms with Crippen molar-refractivity contribution in [2.45, 2.75) is 6.92 Å². The molecule has 0 bridgehead atoms. The lowest BCUT2D eigenvalue weighted by atomic mass is 10.0. The Bertz CT molecular complexity index is 433. The average Bonchev–Trinajstić information content (AvgIpc) is 2.29. The predicted molar refractivity (Wildman–Crippen MR) is 57.0 cm³/mol. The average molecular weight is 204 g/mol. The van der Waals surface area contributed by atoms with Crippen LogP contribution in [0, 0.1) is 6.92 Å². The lowest BCUT2D eigenvalue weighted by Crippen LogP contribution is -2.09. The van der Waals surface area contributed by atoms with Crippen LogP contribution in [0.3, 0.4) is 0 Å². The van der Waals surface area contributed by atoms with E-state index in [-0.39, 0.29) is 5.97 Å². The van der Waals surface area contributed by atoms with Gasteiger partial charge in [-0.2, -0.15) is 0 Å². The molecular weight excluding hydrogens is 192 g/mol. The molecule has 3 nitrogen and oxygen atoms in total. The fourth-order valence-electron chi connectivity index (χ4n) is 1.65. The number of methoxy groups -OCH3 is 1. The van der Waals surface area contributed by atoms with Crippen molar-refractivity contribution in [1.29, 1.82) is 0 Å². The summed E-state index contributed by atoms with van der Waals surface area (Å²) in [5.41, 5.74) is 2.39. The molecule has 3 heteroatoms. The predicted octanol–water partition coefficient (Wildman–Crippen LogP) is 2.19. The number of ether oxygens (including phenoxy) is 2. The van der Waals surface area contributed by atoms with Gasteiger partial charge in [-0.05, 0) is 24.6 Å². The van der Waals surface area contributed by atoms with E-state index in [1.165, 1.54) is 7.11 Å². The van der Waals surface area contributed by atoms with Crippen LogP contribution in [0.1, 0.15) is 21.5 Å². The molecule has 1 aliphatic heterocycles. The Morgan fingerprint density at radius 3 is 3.00 bits per heavy atom. The van der Waals surface area contributed by atoms with Crippen LogP contribution in [0.2, 0.25) is 0 Å². The molecule has 15 heavy (non-hydrogen) atoms. The fraction of sp³-hybridized carbons (Fsp3) is 0.250. The number of hydrogen-bond donors (Lipinski definition) is 0. The highest BCUT2D eigenvalue weighted by Crippen LogP contribution is 2.31. The van der Waals surface area contributed by atoms with Crippen LogP contribution < -0.4 is 4.74 Å². The summed E-state index contributed by atoms with van der Waals surface area (Å²) < 4.78 is 10.2. The molecular formula is C12H12O3. The van der Waals surface area contributed by atoms with Crippen LogP contribution in [0.15, 0.2) is 18.2 Å². The zero-order chi connectivity index (χ0) is 10.8. The third-order valence-electron chi connectivity index (χ3n) is 2.41. The van der Waals surface area contributed by atoms with Crippen LogP contribution in [-0.4, -0.2) is 19.7 Å². The molecule has 1 aliphatic rings. The Morgan fingerprint density at radius 1 is 1.47 bits per heavy atom. The van der Waals surface area contributed by atoms with Crippen LogP contribution in [0.5, 0.6) is 5.75 Å². The topological polar surface area (TPSA) is 35.5 Å². The number of carbonyl (C=O) groups excluding carboxylic acids is 1. The quantitative estimate of drug-likeness (QED) is 0.658. The van der Waals surface area contributed by atoms with Crippen molar-refractivity contribution in [2.24, 2.45) is 0 Å². The summed E-state index contributed by atoms with van der Waals surface area (Å²) in [4.78, 5) is 11.5. The second kappa shape index (κ2) is 3.77. The first kappa shape index (κ1) is 9.77. The maximum Gasteiger partial charge on any atom is 0.338 e.